The second-order valence-corrected chi connectivity index (χ2v) is 11.9. The summed E-state index contributed by atoms with van der Waals surface area (Å²) in [6.45, 7) is 11.3. The summed E-state index contributed by atoms with van der Waals surface area (Å²) < 4.78 is 24.0. The summed E-state index contributed by atoms with van der Waals surface area (Å²) >= 11 is 0. The monoisotopic (exact) mass is 434 g/mol. The van der Waals surface area contributed by atoms with Crippen LogP contribution in [-0.2, 0) is 22.9 Å². The van der Waals surface area contributed by atoms with Gasteiger partial charge >= 0.3 is 0 Å². The molecule has 0 saturated carbocycles. The normalized spacial score (nSPS) is 22.5. The fraction of sp³-hybridized carbons (Fsp3) is 0.696. The van der Waals surface area contributed by atoms with Crippen LogP contribution in [0.25, 0.3) is 0 Å². The molecule has 0 radical (unpaired) electrons. The Morgan fingerprint density at radius 1 is 1.07 bits per heavy atom. The number of likely N-dealkylation sites (tertiary alicyclic amines) is 1. The van der Waals surface area contributed by atoms with E-state index in [2.05, 4.69) is 46.3 Å². The summed E-state index contributed by atoms with van der Waals surface area (Å²) in [6, 6.07) is 8.59. The summed E-state index contributed by atoms with van der Waals surface area (Å²) in [7, 11) is -3.07. The molecule has 2 aliphatic heterocycles. The molecule has 2 fully saturated rings. The lowest BCUT2D eigenvalue weighted by Crippen LogP contribution is -2.57. The predicted molar refractivity (Wildman–Crippen MR) is 124 cm³/mol. The van der Waals surface area contributed by atoms with Crippen LogP contribution in [-0.4, -0.2) is 67.4 Å². The number of rotatable bonds is 5. The van der Waals surface area contributed by atoms with Crippen LogP contribution in [0.1, 0.15) is 57.6 Å². The van der Waals surface area contributed by atoms with Crippen LogP contribution in [0.4, 0.5) is 0 Å². The van der Waals surface area contributed by atoms with E-state index in [0.29, 0.717) is 19.6 Å². The Labute approximate surface area is 182 Å². The molecular weight excluding hydrogens is 396 g/mol. The fourth-order valence-corrected chi connectivity index (χ4v) is 5.68. The standard InChI is InChI=1S/C23H38N4O2S/c1-4-24-22(27-15-16-30(28,29)23(2,3)19-27)25-17-20-11-7-8-12-21(20)18-26-13-9-5-6-10-14-26/h7-8,11-12H,4-6,9-10,13-19H2,1-3H3,(H,24,25). The molecule has 0 spiro atoms. The van der Waals surface area contributed by atoms with Crippen molar-refractivity contribution in [2.75, 3.05) is 38.5 Å². The Morgan fingerprint density at radius 3 is 2.37 bits per heavy atom. The smallest absolute Gasteiger partial charge is 0.194 e. The highest BCUT2D eigenvalue weighted by Gasteiger charge is 2.40. The van der Waals surface area contributed by atoms with E-state index in [1.54, 1.807) is 0 Å². The van der Waals surface area contributed by atoms with E-state index in [1.165, 1.54) is 49.9 Å². The maximum absolute atomic E-state index is 12.4. The highest BCUT2D eigenvalue weighted by atomic mass is 32.2. The lowest BCUT2D eigenvalue weighted by molar-refractivity contribution is 0.276. The first kappa shape index (κ1) is 23.1. The van der Waals surface area contributed by atoms with Gasteiger partial charge in [-0.2, -0.15) is 0 Å². The number of aliphatic imine (C=N–C) groups is 1. The second kappa shape index (κ2) is 10.1. The molecule has 168 valence electrons. The number of sulfone groups is 1. The minimum Gasteiger partial charge on any atom is -0.357 e. The summed E-state index contributed by atoms with van der Waals surface area (Å²) in [6.07, 6.45) is 5.27. The van der Waals surface area contributed by atoms with Crippen molar-refractivity contribution in [1.29, 1.82) is 0 Å². The molecular formula is C23H38N4O2S. The molecule has 0 bridgehead atoms. The van der Waals surface area contributed by atoms with Crippen LogP contribution in [0.15, 0.2) is 29.3 Å². The Hall–Kier alpha value is -1.60. The summed E-state index contributed by atoms with van der Waals surface area (Å²) in [5, 5.41) is 3.37. The lowest BCUT2D eigenvalue weighted by atomic mass is 10.1. The first-order valence-electron chi connectivity index (χ1n) is 11.4. The van der Waals surface area contributed by atoms with Gasteiger partial charge in [0, 0.05) is 26.2 Å². The number of guanidine groups is 1. The van der Waals surface area contributed by atoms with Gasteiger partial charge in [0.15, 0.2) is 15.8 Å². The zero-order valence-corrected chi connectivity index (χ0v) is 19.7. The van der Waals surface area contributed by atoms with Gasteiger partial charge in [0.05, 0.1) is 17.0 Å². The van der Waals surface area contributed by atoms with Gasteiger partial charge in [0.25, 0.3) is 0 Å². The van der Waals surface area contributed by atoms with Crippen molar-refractivity contribution in [3.63, 3.8) is 0 Å². The lowest BCUT2D eigenvalue weighted by Gasteiger charge is -2.39. The highest BCUT2D eigenvalue weighted by Crippen LogP contribution is 2.24. The van der Waals surface area contributed by atoms with Gasteiger partial charge in [-0.05, 0) is 57.8 Å². The SMILES string of the molecule is CCNC(=NCc1ccccc1CN1CCCCCC1)N1CCS(=O)(=O)C(C)(C)C1. The van der Waals surface area contributed by atoms with Gasteiger partial charge in [-0.3, -0.25) is 4.90 Å². The number of nitrogens with zero attached hydrogens (tertiary/aromatic N) is 3. The molecule has 2 saturated heterocycles. The van der Waals surface area contributed by atoms with E-state index >= 15 is 0 Å². The number of hydrogen-bond donors (Lipinski definition) is 1. The van der Waals surface area contributed by atoms with Gasteiger partial charge < -0.3 is 10.2 Å². The molecule has 1 aromatic carbocycles. The molecule has 0 atom stereocenters. The van der Waals surface area contributed by atoms with E-state index in [0.717, 1.165) is 19.0 Å². The third kappa shape index (κ3) is 5.76. The van der Waals surface area contributed by atoms with Gasteiger partial charge in [-0.25, -0.2) is 13.4 Å². The van der Waals surface area contributed by atoms with Crippen molar-refractivity contribution in [1.82, 2.24) is 15.1 Å². The van der Waals surface area contributed by atoms with Crippen LogP contribution >= 0.6 is 0 Å². The first-order valence-corrected chi connectivity index (χ1v) is 13.0. The molecule has 3 rings (SSSR count). The van der Waals surface area contributed by atoms with E-state index < -0.39 is 14.6 Å². The third-order valence-electron chi connectivity index (χ3n) is 6.29. The summed E-state index contributed by atoms with van der Waals surface area (Å²) in [4.78, 5) is 9.58. The third-order valence-corrected chi connectivity index (χ3v) is 8.82. The highest BCUT2D eigenvalue weighted by molar-refractivity contribution is 7.92. The zero-order chi connectivity index (χ0) is 21.6. The fourth-order valence-electron chi connectivity index (χ4n) is 4.31. The van der Waals surface area contributed by atoms with Gasteiger partial charge in [0.2, 0.25) is 0 Å². The molecule has 2 heterocycles. The minimum absolute atomic E-state index is 0.177. The van der Waals surface area contributed by atoms with Crippen LogP contribution < -0.4 is 5.32 Å². The van der Waals surface area contributed by atoms with Gasteiger partial charge in [0.1, 0.15) is 0 Å². The maximum Gasteiger partial charge on any atom is 0.194 e. The van der Waals surface area contributed by atoms with Crippen LogP contribution in [0.2, 0.25) is 0 Å². The van der Waals surface area contributed by atoms with Crippen molar-refractivity contribution in [3.05, 3.63) is 35.4 Å². The number of hydrogen-bond acceptors (Lipinski definition) is 4. The molecule has 0 amide bonds. The number of nitrogens with one attached hydrogen (secondary N) is 1. The quantitative estimate of drug-likeness (QED) is 0.570. The van der Waals surface area contributed by atoms with Crippen molar-refractivity contribution in [2.45, 2.75) is 64.3 Å². The number of benzene rings is 1. The van der Waals surface area contributed by atoms with Crippen LogP contribution in [0.3, 0.4) is 0 Å². The Morgan fingerprint density at radius 2 is 1.73 bits per heavy atom. The average molecular weight is 435 g/mol. The molecule has 6 nitrogen and oxygen atoms in total. The molecule has 0 aliphatic carbocycles. The minimum atomic E-state index is -3.07. The molecule has 1 aromatic rings. The van der Waals surface area contributed by atoms with Crippen molar-refractivity contribution in [3.8, 4) is 0 Å². The van der Waals surface area contributed by atoms with E-state index in [4.69, 9.17) is 4.99 Å². The van der Waals surface area contributed by atoms with Crippen molar-refractivity contribution in [2.24, 2.45) is 4.99 Å². The van der Waals surface area contributed by atoms with E-state index in [9.17, 15) is 8.42 Å². The van der Waals surface area contributed by atoms with Crippen LogP contribution in [0, 0.1) is 0 Å². The summed E-state index contributed by atoms with van der Waals surface area (Å²) in [5.74, 6) is 0.987. The van der Waals surface area contributed by atoms with Crippen LogP contribution in [0.5, 0.6) is 0 Å². The second-order valence-electron chi connectivity index (χ2n) is 9.13. The summed E-state index contributed by atoms with van der Waals surface area (Å²) in [5.41, 5.74) is 2.60. The molecule has 1 N–H and O–H groups in total. The molecule has 2 aliphatic rings. The maximum atomic E-state index is 12.4. The predicted octanol–water partition coefficient (Wildman–Crippen LogP) is 3.04. The average Bonchev–Trinajstić information content (AvgIpc) is 2.97. The Kier molecular flexibility index (Phi) is 7.80. The Bertz CT molecular complexity index is 827. The molecule has 0 unspecified atom stereocenters. The van der Waals surface area contributed by atoms with Gasteiger partial charge in [-0.15, -0.1) is 0 Å². The topological polar surface area (TPSA) is 65.0 Å². The van der Waals surface area contributed by atoms with Gasteiger partial charge in [-0.1, -0.05) is 37.1 Å². The molecule has 0 aromatic heterocycles. The largest absolute Gasteiger partial charge is 0.357 e. The van der Waals surface area contributed by atoms with E-state index in [1.807, 2.05) is 13.8 Å². The zero-order valence-electron chi connectivity index (χ0n) is 18.9. The molecule has 7 heteroatoms. The van der Waals surface area contributed by atoms with Crippen molar-refractivity contribution >= 4 is 15.8 Å². The van der Waals surface area contributed by atoms with Crippen molar-refractivity contribution < 1.29 is 8.42 Å². The van der Waals surface area contributed by atoms with E-state index in [-0.39, 0.29) is 5.75 Å². The molecule has 30 heavy (non-hydrogen) atoms. The first-order chi connectivity index (χ1) is 14.3. The Balaban J connectivity index is 1.74.